The van der Waals surface area contributed by atoms with Gasteiger partial charge in [0.2, 0.25) is 0 Å². The minimum Gasteiger partial charge on any atom is -0.463 e. The van der Waals surface area contributed by atoms with Crippen molar-refractivity contribution in [1.29, 1.82) is 0 Å². The van der Waals surface area contributed by atoms with E-state index in [1.807, 2.05) is 60.7 Å². The van der Waals surface area contributed by atoms with Crippen LogP contribution in [0.3, 0.4) is 0 Å². The molecular formula is C31H27ClN2O3S. The molecule has 7 heteroatoms. The van der Waals surface area contributed by atoms with Crippen LogP contribution in [-0.2, 0) is 9.53 Å². The fourth-order valence-electron chi connectivity index (χ4n) is 4.53. The standard InChI is InChI=1S/C31H27ClN2O3S/c1-4-37-30(36)26-27(22-8-6-5-7-9-22)33-31-34(28(26)23-14-12-21(13-15-23)19(2)3)29(35)25(38-31)18-20-10-16-24(32)17-11-20/h5-19,28H,4H2,1-3H3/b25-18-/t28-/m0/s1. The first-order valence-corrected chi connectivity index (χ1v) is 13.7. The maximum Gasteiger partial charge on any atom is 0.338 e. The molecular weight excluding hydrogens is 516 g/mol. The molecule has 192 valence electrons. The highest BCUT2D eigenvalue weighted by atomic mass is 35.5. The first kappa shape index (κ1) is 25.9. The van der Waals surface area contributed by atoms with Gasteiger partial charge in [-0.2, -0.15) is 0 Å². The second-order valence-electron chi connectivity index (χ2n) is 9.30. The zero-order valence-corrected chi connectivity index (χ0v) is 22.9. The fourth-order valence-corrected chi connectivity index (χ4v) is 5.66. The monoisotopic (exact) mass is 542 g/mol. The zero-order chi connectivity index (χ0) is 26.8. The third-order valence-electron chi connectivity index (χ3n) is 6.46. The van der Waals surface area contributed by atoms with Crippen molar-refractivity contribution in [1.82, 2.24) is 4.57 Å². The van der Waals surface area contributed by atoms with E-state index in [0.29, 0.717) is 31.5 Å². The van der Waals surface area contributed by atoms with Gasteiger partial charge in [0.15, 0.2) is 4.80 Å². The molecule has 0 N–H and O–H groups in total. The molecule has 0 saturated carbocycles. The Labute approximate surface area is 230 Å². The Bertz CT molecular complexity index is 1680. The Morgan fingerprint density at radius 3 is 2.37 bits per heavy atom. The van der Waals surface area contributed by atoms with Crippen molar-refractivity contribution >= 4 is 40.7 Å². The average molecular weight is 543 g/mol. The molecule has 5 nitrogen and oxygen atoms in total. The third-order valence-corrected chi connectivity index (χ3v) is 7.70. The van der Waals surface area contributed by atoms with Crippen LogP contribution in [0.5, 0.6) is 0 Å². The molecule has 1 aliphatic rings. The van der Waals surface area contributed by atoms with E-state index in [0.717, 1.165) is 16.7 Å². The van der Waals surface area contributed by atoms with Gasteiger partial charge in [-0.05, 0) is 47.7 Å². The van der Waals surface area contributed by atoms with Crippen molar-refractivity contribution in [2.45, 2.75) is 32.7 Å². The summed E-state index contributed by atoms with van der Waals surface area (Å²) in [6, 6.07) is 24.3. The van der Waals surface area contributed by atoms with E-state index in [9.17, 15) is 9.59 Å². The number of halogens is 1. The maximum atomic E-state index is 13.9. The Kier molecular flexibility index (Phi) is 7.45. The predicted octanol–water partition coefficient (Wildman–Crippen LogP) is 5.71. The van der Waals surface area contributed by atoms with Crippen LogP contribution in [-0.4, -0.2) is 17.1 Å². The molecule has 0 unspecified atom stereocenters. The summed E-state index contributed by atoms with van der Waals surface area (Å²) in [4.78, 5) is 32.8. The van der Waals surface area contributed by atoms with Crippen LogP contribution < -0.4 is 14.9 Å². The maximum absolute atomic E-state index is 13.9. The number of hydrogen-bond donors (Lipinski definition) is 0. The van der Waals surface area contributed by atoms with Crippen LogP contribution >= 0.6 is 22.9 Å². The molecule has 1 aromatic heterocycles. The summed E-state index contributed by atoms with van der Waals surface area (Å²) in [6.45, 7) is 6.25. The van der Waals surface area contributed by atoms with E-state index in [1.165, 1.54) is 16.9 Å². The van der Waals surface area contributed by atoms with E-state index in [-0.39, 0.29) is 12.2 Å². The van der Waals surface area contributed by atoms with Gasteiger partial charge in [0.25, 0.3) is 5.56 Å². The van der Waals surface area contributed by atoms with E-state index >= 15 is 0 Å². The van der Waals surface area contributed by atoms with Gasteiger partial charge in [-0.3, -0.25) is 9.36 Å². The second kappa shape index (κ2) is 10.9. The fraction of sp³-hybridized carbons (Fsp3) is 0.194. The van der Waals surface area contributed by atoms with Crippen molar-refractivity contribution in [2.24, 2.45) is 4.99 Å². The largest absolute Gasteiger partial charge is 0.463 e. The van der Waals surface area contributed by atoms with Gasteiger partial charge < -0.3 is 4.74 Å². The number of hydrogen-bond acceptors (Lipinski definition) is 5. The molecule has 0 saturated heterocycles. The molecule has 3 aromatic carbocycles. The van der Waals surface area contributed by atoms with Crippen molar-refractivity contribution in [2.75, 3.05) is 6.61 Å². The Morgan fingerprint density at radius 2 is 1.74 bits per heavy atom. The first-order valence-electron chi connectivity index (χ1n) is 12.5. The highest BCUT2D eigenvalue weighted by Gasteiger charge is 2.35. The number of carbonyl (C=O) groups is 1. The number of rotatable bonds is 6. The number of aromatic nitrogens is 1. The van der Waals surface area contributed by atoms with Crippen LogP contribution in [0, 0.1) is 0 Å². The Morgan fingerprint density at radius 1 is 1.05 bits per heavy atom. The van der Waals surface area contributed by atoms with Gasteiger partial charge in [-0.1, -0.05) is 104 Å². The smallest absolute Gasteiger partial charge is 0.338 e. The van der Waals surface area contributed by atoms with Crippen molar-refractivity contribution in [3.05, 3.63) is 131 Å². The summed E-state index contributed by atoms with van der Waals surface area (Å²) in [6.07, 6.45) is 1.83. The number of benzene rings is 3. The normalized spacial score (nSPS) is 15.4. The van der Waals surface area contributed by atoms with Crippen molar-refractivity contribution in [3.63, 3.8) is 0 Å². The van der Waals surface area contributed by atoms with Crippen LogP contribution in [0.15, 0.2) is 94.2 Å². The second-order valence-corrected chi connectivity index (χ2v) is 10.7. The summed E-state index contributed by atoms with van der Waals surface area (Å²) in [7, 11) is 0. The molecule has 0 fully saturated rings. The van der Waals surface area contributed by atoms with Gasteiger partial charge in [-0.25, -0.2) is 9.79 Å². The number of fused-ring (bicyclic) bond motifs is 1. The predicted molar refractivity (Wildman–Crippen MR) is 153 cm³/mol. The van der Waals surface area contributed by atoms with Gasteiger partial charge >= 0.3 is 5.97 Å². The molecule has 0 amide bonds. The molecule has 1 atom stereocenters. The lowest BCUT2D eigenvalue weighted by molar-refractivity contribution is -0.138. The zero-order valence-electron chi connectivity index (χ0n) is 21.4. The topological polar surface area (TPSA) is 60.7 Å². The van der Waals surface area contributed by atoms with Crippen LogP contribution in [0.4, 0.5) is 0 Å². The Hall–Kier alpha value is -3.74. The molecule has 1 aliphatic heterocycles. The molecule has 0 bridgehead atoms. The molecule has 2 heterocycles. The number of esters is 1. The lowest BCUT2D eigenvalue weighted by Crippen LogP contribution is -2.40. The lowest BCUT2D eigenvalue weighted by Gasteiger charge is -2.26. The molecule has 4 aromatic rings. The summed E-state index contributed by atoms with van der Waals surface area (Å²) in [5.74, 6) is -0.134. The van der Waals surface area contributed by atoms with Gasteiger partial charge in [0.05, 0.1) is 28.5 Å². The third kappa shape index (κ3) is 5.02. The number of thiazole rings is 1. The van der Waals surface area contributed by atoms with Gasteiger partial charge in [-0.15, -0.1) is 0 Å². The van der Waals surface area contributed by atoms with Crippen LogP contribution in [0.1, 0.15) is 55.0 Å². The molecule has 38 heavy (non-hydrogen) atoms. The van der Waals surface area contributed by atoms with E-state index < -0.39 is 12.0 Å². The van der Waals surface area contributed by atoms with Gasteiger partial charge in [0, 0.05) is 10.6 Å². The number of ether oxygens (including phenoxy) is 1. The number of nitrogens with zero attached hydrogens (tertiary/aromatic N) is 2. The van der Waals surface area contributed by atoms with E-state index in [2.05, 4.69) is 26.0 Å². The summed E-state index contributed by atoms with van der Waals surface area (Å²) < 4.78 is 7.67. The summed E-state index contributed by atoms with van der Waals surface area (Å²) >= 11 is 7.35. The Balaban J connectivity index is 1.81. The minimum atomic E-state index is -0.686. The highest BCUT2D eigenvalue weighted by Crippen LogP contribution is 2.35. The van der Waals surface area contributed by atoms with Gasteiger partial charge in [0.1, 0.15) is 0 Å². The molecule has 0 spiro atoms. The van der Waals surface area contributed by atoms with Crippen LogP contribution in [0.25, 0.3) is 11.8 Å². The first-order chi connectivity index (χ1) is 18.4. The lowest BCUT2D eigenvalue weighted by atomic mass is 9.91. The van der Waals surface area contributed by atoms with E-state index in [1.54, 1.807) is 23.6 Å². The highest BCUT2D eigenvalue weighted by molar-refractivity contribution is 7.07. The van der Waals surface area contributed by atoms with Crippen molar-refractivity contribution in [3.8, 4) is 0 Å². The summed E-state index contributed by atoms with van der Waals surface area (Å²) in [5, 5.41) is 0.625. The minimum absolute atomic E-state index is 0.212. The summed E-state index contributed by atoms with van der Waals surface area (Å²) in [5.41, 5.74) is 4.28. The average Bonchev–Trinajstić information content (AvgIpc) is 3.24. The van der Waals surface area contributed by atoms with Crippen LogP contribution in [0.2, 0.25) is 5.02 Å². The SMILES string of the molecule is CCOC(=O)C1=C(c2ccccc2)N=c2s/c(=C\c3ccc(Cl)cc3)c(=O)n2[C@H]1c1ccc(C(C)C)cc1. The quantitative estimate of drug-likeness (QED) is 0.293. The molecule has 0 radical (unpaired) electrons. The van der Waals surface area contributed by atoms with Crippen molar-refractivity contribution < 1.29 is 9.53 Å². The molecule has 5 rings (SSSR count). The van der Waals surface area contributed by atoms with E-state index in [4.69, 9.17) is 21.3 Å². The number of carbonyl (C=O) groups excluding carboxylic acids is 1. The molecule has 0 aliphatic carbocycles.